The minimum absolute atomic E-state index is 0.464. The first kappa shape index (κ1) is 14.6. The van der Waals surface area contributed by atoms with Crippen molar-refractivity contribution < 1.29 is 22.6 Å². The van der Waals surface area contributed by atoms with E-state index < -0.39 is 33.8 Å². The maximum Gasteiger partial charge on any atom is 0.387 e. The predicted octanol–water partition coefficient (Wildman–Crippen LogP) is 1.76. The zero-order valence-corrected chi connectivity index (χ0v) is 11.1. The van der Waals surface area contributed by atoms with Crippen LogP contribution in [0.2, 0.25) is 0 Å². The van der Waals surface area contributed by atoms with Crippen molar-refractivity contribution in [2.24, 2.45) is 0 Å². The second-order valence-electron chi connectivity index (χ2n) is 4.12. The lowest BCUT2D eigenvalue weighted by Gasteiger charge is -2.28. The first-order valence-corrected chi connectivity index (χ1v) is 7.29. The Labute approximate surface area is 115 Å². The van der Waals surface area contributed by atoms with E-state index in [9.17, 15) is 23.1 Å². The van der Waals surface area contributed by atoms with Crippen LogP contribution in [0.1, 0.15) is 0 Å². The van der Waals surface area contributed by atoms with Gasteiger partial charge in [0.2, 0.25) is 5.75 Å². The maximum absolute atomic E-state index is 12.3. The van der Waals surface area contributed by atoms with Crippen molar-refractivity contribution in [2.75, 3.05) is 29.5 Å². The van der Waals surface area contributed by atoms with Crippen LogP contribution in [0.3, 0.4) is 0 Å². The van der Waals surface area contributed by atoms with Gasteiger partial charge in [-0.1, -0.05) is 0 Å². The summed E-state index contributed by atoms with van der Waals surface area (Å²) in [5.74, 6) is 0.513. The largest absolute Gasteiger partial charge is 0.427 e. The summed E-state index contributed by atoms with van der Waals surface area (Å²) in [4.78, 5) is 11.8. The fourth-order valence-electron chi connectivity index (χ4n) is 1.94. The highest BCUT2D eigenvalue weighted by Gasteiger charge is 2.22. The number of rotatable bonds is 4. The molecular formula is C11H12F2N2O4S. The molecule has 0 atom stereocenters. The maximum atomic E-state index is 12.3. The van der Waals surface area contributed by atoms with E-state index >= 15 is 0 Å². The number of benzene rings is 1. The summed E-state index contributed by atoms with van der Waals surface area (Å²) in [5.41, 5.74) is 0.0394. The predicted molar refractivity (Wildman–Crippen MR) is 69.8 cm³/mol. The molecule has 0 saturated carbocycles. The number of halogens is 2. The molecule has 0 spiro atoms. The average molecular weight is 306 g/mol. The van der Waals surface area contributed by atoms with Gasteiger partial charge >= 0.3 is 12.3 Å². The smallest absolute Gasteiger partial charge is 0.387 e. The van der Waals surface area contributed by atoms with Gasteiger partial charge in [-0.2, -0.15) is 8.78 Å². The third-order valence-electron chi connectivity index (χ3n) is 2.90. The van der Waals surface area contributed by atoms with Crippen molar-refractivity contribution in [1.82, 2.24) is 0 Å². The van der Waals surface area contributed by atoms with Gasteiger partial charge in [0.15, 0.2) is 0 Å². The Morgan fingerprint density at radius 3 is 2.55 bits per heavy atom. The lowest BCUT2D eigenvalue weighted by molar-refractivity contribution is -0.386. The molecule has 6 nitrogen and oxygen atoms in total. The molecule has 0 aromatic heterocycles. The average Bonchev–Trinajstić information content (AvgIpc) is 2.38. The van der Waals surface area contributed by atoms with Gasteiger partial charge in [0.25, 0.3) is 0 Å². The zero-order chi connectivity index (χ0) is 14.7. The van der Waals surface area contributed by atoms with E-state index in [1.807, 2.05) is 4.90 Å². The molecule has 1 aromatic rings. The lowest BCUT2D eigenvalue weighted by atomic mass is 10.2. The number of alkyl halides is 2. The molecule has 0 amide bonds. The molecular weight excluding hydrogens is 294 g/mol. The van der Waals surface area contributed by atoms with E-state index in [-0.39, 0.29) is 0 Å². The van der Waals surface area contributed by atoms with Crippen LogP contribution in [0.5, 0.6) is 5.75 Å². The first-order valence-electron chi connectivity index (χ1n) is 5.80. The minimum Gasteiger partial charge on any atom is -0.427 e. The highest BCUT2D eigenvalue weighted by Crippen LogP contribution is 2.33. The Bertz CT molecular complexity index is 531. The number of anilines is 1. The molecule has 1 heterocycles. The van der Waals surface area contributed by atoms with Crippen molar-refractivity contribution in [3.05, 3.63) is 28.3 Å². The summed E-state index contributed by atoms with van der Waals surface area (Å²) in [6, 6.07) is 3.84. The number of hydrogen-bond donors (Lipinski definition) is 0. The van der Waals surface area contributed by atoms with Crippen LogP contribution in [0.15, 0.2) is 18.2 Å². The van der Waals surface area contributed by atoms with Gasteiger partial charge in [0, 0.05) is 53.2 Å². The van der Waals surface area contributed by atoms with Crippen LogP contribution >= 0.6 is 0 Å². The van der Waals surface area contributed by atoms with Crippen LogP contribution in [-0.4, -0.2) is 40.3 Å². The molecule has 0 N–H and O–H groups in total. The topological polar surface area (TPSA) is 72.7 Å². The van der Waals surface area contributed by atoms with E-state index in [0.717, 1.165) is 6.07 Å². The highest BCUT2D eigenvalue weighted by atomic mass is 32.2. The van der Waals surface area contributed by atoms with Gasteiger partial charge in [-0.05, 0) is 6.07 Å². The van der Waals surface area contributed by atoms with E-state index in [1.165, 1.54) is 12.1 Å². The third-order valence-corrected chi connectivity index (χ3v) is 4.17. The number of nitro benzene ring substituents is 1. The second kappa shape index (κ2) is 6.12. The third kappa shape index (κ3) is 3.41. The van der Waals surface area contributed by atoms with Crippen molar-refractivity contribution in [3.8, 4) is 5.75 Å². The Morgan fingerprint density at radius 1 is 1.35 bits per heavy atom. The molecule has 1 aliphatic rings. The Hall–Kier alpha value is -1.77. The summed E-state index contributed by atoms with van der Waals surface area (Å²) in [6.45, 7) is -2.10. The quantitative estimate of drug-likeness (QED) is 0.626. The van der Waals surface area contributed by atoms with Gasteiger partial charge in [-0.3, -0.25) is 14.3 Å². The first-order chi connectivity index (χ1) is 9.47. The van der Waals surface area contributed by atoms with Crippen LogP contribution in [0.4, 0.5) is 20.2 Å². The number of nitro groups is 1. The van der Waals surface area contributed by atoms with Gasteiger partial charge < -0.3 is 9.64 Å². The molecule has 1 aliphatic heterocycles. The Kier molecular flexibility index (Phi) is 4.48. The van der Waals surface area contributed by atoms with E-state index in [1.54, 1.807) is 0 Å². The molecule has 110 valence electrons. The fourth-order valence-corrected chi connectivity index (χ4v) is 2.99. The highest BCUT2D eigenvalue weighted by molar-refractivity contribution is 7.85. The monoisotopic (exact) mass is 306 g/mol. The van der Waals surface area contributed by atoms with Crippen molar-refractivity contribution in [3.63, 3.8) is 0 Å². The summed E-state index contributed by atoms with van der Waals surface area (Å²) in [6.07, 6.45) is 0. The Morgan fingerprint density at radius 2 is 2.00 bits per heavy atom. The van der Waals surface area contributed by atoms with E-state index in [0.29, 0.717) is 30.3 Å². The molecule has 1 fully saturated rings. The summed E-state index contributed by atoms with van der Waals surface area (Å²) >= 11 is 0. The zero-order valence-electron chi connectivity index (χ0n) is 10.3. The second-order valence-corrected chi connectivity index (χ2v) is 5.82. The molecule has 9 heteroatoms. The summed E-state index contributed by atoms with van der Waals surface area (Å²) < 4.78 is 40.0. The minimum atomic E-state index is -3.13. The van der Waals surface area contributed by atoms with E-state index in [4.69, 9.17) is 0 Å². The van der Waals surface area contributed by atoms with Crippen LogP contribution in [-0.2, 0) is 10.8 Å². The molecule has 0 aliphatic carbocycles. The normalized spacial score (nSPS) is 16.4. The van der Waals surface area contributed by atoms with E-state index in [2.05, 4.69) is 4.74 Å². The van der Waals surface area contributed by atoms with Crippen LogP contribution in [0, 0.1) is 10.1 Å². The van der Waals surface area contributed by atoms with Crippen LogP contribution in [0.25, 0.3) is 0 Å². The molecule has 1 aromatic carbocycles. The summed E-state index contributed by atoms with van der Waals surface area (Å²) in [5, 5.41) is 10.8. The lowest BCUT2D eigenvalue weighted by Crippen LogP contribution is -2.37. The molecule has 20 heavy (non-hydrogen) atoms. The van der Waals surface area contributed by atoms with Gasteiger partial charge in [-0.25, -0.2) is 0 Å². The number of hydrogen-bond acceptors (Lipinski definition) is 5. The van der Waals surface area contributed by atoms with Crippen molar-refractivity contribution in [2.45, 2.75) is 6.61 Å². The summed E-state index contributed by atoms with van der Waals surface area (Å²) in [7, 11) is -0.862. The Balaban J connectivity index is 2.26. The molecule has 1 saturated heterocycles. The SMILES string of the molecule is O=[N+]([O-])c1ccc(N2CCS(=O)CC2)cc1OC(F)F. The standard InChI is InChI=1S/C11H12F2N2O4S/c12-11(13)19-10-7-8(1-2-9(10)15(16)17)14-3-5-20(18)6-4-14/h1-2,7,11H,3-6H2. The van der Waals surface area contributed by atoms with Gasteiger partial charge in [-0.15, -0.1) is 0 Å². The number of ether oxygens (including phenoxy) is 1. The molecule has 2 rings (SSSR count). The van der Waals surface area contributed by atoms with Crippen molar-refractivity contribution in [1.29, 1.82) is 0 Å². The molecule has 0 unspecified atom stereocenters. The number of nitrogens with zero attached hydrogens (tertiary/aromatic N) is 2. The fraction of sp³-hybridized carbons (Fsp3) is 0.455. The van der Waals surface area contributed by atoms with Crippen LogP contribution < -0.4 is 9.64 Å². The van der Waals surface area contributed by atoms with Gasteiger partial charge in [0.1, 0.15) is 0 Å². The molecule has 0 radical (unpaired) electrons. The molecule has 0 bridgehead atoms. The van der Waals surface area contributed by atoms with Gasteiger partial charge in [0.05, 0.1) is 4.92 Å². The van der Waals surface area contributed by atoms with Crippen molar-refractivity contribution >= 4 is 22.2 Å².